The molecule has 2 rings (SSSR count). The highest BCUT2D eigenvalue weighted by Gasteiger charge is 2.30. The highest BCUT2D eigenvalue weighted by molar-refractivity contribution is 5.36. The zero-order chi connectivity index (χ0) is 13.9. The van der Waals surface area contributed by atoms with Gasteiger partial charge in [-0.05, 0) is 31.0 Å². The number of nitrogens with zero attached hydrogens (tertiary/aromatic N) is 3. The molecule has 1 heterocycles. The van der Waals surface area contributed by atoms with Gasteiger partial charge in [-0.15, -0.1) is 0 Å². The third-order valence-electron chi connectivity index (χ3n) is 3.19. The third-order valence-corrected chi connectivity index (χ3v) is 3.19. The van der Waals surface area contributed by atoms with E-state index in [-0.39, 0.29) is 0 Å². The van der Waals surface area contributed by atoms with Crippen LogP contribution in [-0.2, 0) is 12.1 Å². The quantitative estimate of drug-likeness (QED) is 0.912. The van der Waals surface area contributed by atoms with Crippen molar-refractivity contribution in [3.63, 3.8) is 0 Å². The highest BCUT2D eigenvalue weighted by Crippen LogP contribution is 2.28. The second kappa shape index (κ2) is 5.25. The maximum atomic E-state index is 10.8. The van der Waals surface area contributed by atoms with E-state index in [1.54, 1.807) is 37.4 Å². The molecular weight excluding hydrogens is 238 g/mol. The average molecular weight is 255 g/mol. The molecule has 1 N–H and O–H groups in total. The van der Waals surface area contributed by atoms with E-state index in [1.165, 1.54) is 0 Å². The fraction of sp³-hybridized carbons (Fsp3) is 0.333. The van der Waals surface area contributed by atoms with Crippen molar-refractivity contribution in [2.45, 2.75) is 32.4 Å². The van der Waals surface area contributed by atoms with Crippen molar-refractivity contribution >= 4 is 0 Å². The Bertz CT molecular complexity index is 591. The Kier molecular flexibility index (Phi) is 3.68. The first-order chi connectivity index (χ1) is 9.09. The first kappa shape index (κ1) is 13.3. The molecule has 1 unspecified atom stereocenters. The number of aryl methyl sites for hydroxylation is 1. The lowest BCUT2D eigenvalue weighted by Gasteiger charge is -2.24. The molecule has 0 saturated carbocycles. The SMILES string of the molecule is CCCn1ccnc1C(C)(O)c1ccc(C#N)cc1. The molecule has 0 radical (unpaired) electrons. The molecule has 0 aliphatic rings. The summed E-state index contributed by atoms with van der Waals surface area (Å²) in [5.41, 5.74) is 0.152. The van der Waals surface area contributed by atoms with Crippen LogP contribution in [0.1, 0.15) is 37.2 Å². The zero-order valence-corrected chi connectivity index (χ0v) is 11.2. The molecule has 0 saturated heterocycles. The van der Waals surface area contributed by atoms with E-state index < -0.39 is 5.60 Å². The Morgan fingerprint density at radius 3 is 2.63 bits per heavy atom. The van der Waals surface area contributed by atoms with E-state index >= 15 is 0 Å². The van der Waals surface area contributed by atoms with Crippen LogP contribution in [0.4, 0.5) is 0 Å². The molecule has 0 spiro atoms. The van der Waals surface area contributed by atoms with Gasteiger partial charge < -0.3 is 9.67 Å². The van der Waals surface area contributed by atoms with Crippen molar-refractivity contribution in [2.24, 2.45) is 0 Å². The molecule has 0 fully saturated rings. The van der Waals surface area contributed by atoms with Gasteiger partial charge in [0.05, 0.1) is 11.6 Å². The fourth-order valence-electron chi connectivity index (χ4n) is 2.15. The number of hydrogen-bond acceptors (Lipinski definition) is 3. The number of aliphatic hydroxyl groups is 1. The predicted molar refractivity (Wildman–Crippen MR) is 72.3 cm³/mol. The van der Waals surface area contributed by atoms with Gasteiger partial charge in [0.25, 0.3) is 0 Å². The molecule has 4 heteroatoms. The fourth-order valence-corrected chi connectivity index (χ4v) is 2.15. The summed E-state index contributed by atoms with van der Waals surface area (Å²) in [4.78, 5) is 4.27. The van der Waals surface area contributed by atoms with Crippen LogP contribution in [-0.4, -0.2) is 14.7 Å². The van der Waals surface area contributed by atoms with Crippen LogP contribution in [0.15, 0.2) is 36.7 Å². The minimum atomic E-state index is -1.16. The third kappa shape index (κ3) is 2.51. The Labute approximate surface area is 113 Å². The Morgan fingerprint density at radius 2 is 2.05 bits per heavy atom. The largest absolute Gasteiger partial charge is 0.377 e. The van der Waals surface area contributed by atoms with Crippen molar-refractivity contribution in [1.82, 2.24) is 9.55 Å². The van der Waals surface area contributed by atoms with Crippen molar-refractivity contribution < 1.29 is 5.11 Å². The molecule has 1 atom stereocenters. The lowest BCUT2D eigenvalue weighted by Crippen LogP contribution is -2.27. The van der Waals surface area contributed by atoms with E-state index in [2.05, 4.69) is 18.0 Å². The average Bonchev–Trinajstić information content (AvgIpc) is 2.88. The van der Waals surface area contributed by atoms with Crippen LogP contribution in [0.5, 0.6) is 0 Å². The number of aromatic nitrogens is 2. The van der Waals surface area contributed by atoms with E-state index in [4.69, 9.17) is 5.26 Å². The molecular formula is C15H17N3O. The summed E-state index contributed by atoms with van der Waals surface area (Å²) in [6.45, 7) is 4.63. The first-order valence-corrected chi connectivity index (χ1v) is 6.34. The zero-order valence-electron chi connectivity index (χ0n) is 11.2. The summed E-state index contributed by atoms with van der Waals surface area (Å²) in [7, 11) is 0. The van der Waals surface area contributed by atoms with Crippen LogP contribution in [0.2, 0.25) is 0 Å². The summed E-state index contributed by atoms with van der Waals surface area (Å²) in [6.07, 6.45) is 4.55. The van der Waals surface area contributed by atoms with Crippen LogP contribution in [0.25, 0.3) is 0 Å². The number of hydrogen-bond donors (Lipinski definition) is 1. The van der Waals surface area contributed by atoms with Gasteiger partial charge in [-0.3, -0.25) is 0 Å². The van der Waals surface area contributed by atoms with E-state index in [0.29, 0.717) is 11.4 Å². The van der Waals surface area contributed by atoms with Gasteiger partial charge in [0, 0.05) is 18.9 Å². The molecule has 19 heavy (non-hydrogen) atoms. The van der Waals surface area contributed by atoms with Crippen LogP contribution < -0.4 is 0 Å². The normalized spacial score (nSPS) is 13.8. The predicted octanol–water partition coefficient (Wildman–Crippen LogP) is 2.42. The second-order valence-corrected chi connectivity index (χ2v) is 4.71. The maximum Gasteiger partial charge on any atom is 0.145 e. The van der Waals surface area contributed by atoms with E-state index in [1.807, 2.05) is 10.8 Å². The van der Waals surface area contributed by atoms with Gasteiger partial charge in [0.15, 0.2) is 0 Å². The van der Waals surface area contributed by atoms with Gasteiger partial charge in [-0.1, -0.05) is 19.1 Å². The summed E-state index contributed by atoms with van der Waals surface area (Å²) < 4.78 is 1.96. The standard InChI is InChI=1S/C15H17N3O/c1-3-9-18-10-8-17-14(18)15(2,19)13-6-4-12(11-16)5-7-13/h4-8,10,19H,3,9H2,1-2H3. The maximum absolute atomic E-state index is 10.8. The summed E-state index contributed by atoms with van der Waals surface area (Å²) in [6, 6.07) is 9.01. The summed E-state index contributed by atoms with van der Waals surface area (Å²) in [5, 5.41) is 19.6. The number of rotatable bonds is 4. The first-order valence-electron chi connectivity index (χ1n) is 6.34. The van der Waals surface area contributed by atoms with Gasteiger partial charge in [0.1, 0.15) is 11.4 Å². The van der Waals surface area contributed by atoms with Crippen molar-refractivity contribution in [3.8, 4) is 6.07 Å². The summed E-state index contributed by atoms with van der Waals surface area (Å²) >= 11 is 0. The van der Waals surface area contributed by atoms with E-state index in [9.17, 15) is 5.11 Å². The second-order valence-electron chi connectivity index (χ2n) is 4.71. The Balaban J connectivity index is 2.40. The molecule has 0 amide bonds. The molecule has 2 aromatic rings. The number of imidazole rings is 1. The Morgan fingerprint density at radius 1 is 1.37 bits per heavy atom. The molecule has 0 aliphatic carbocycles. The van der Waals surface area contributed by atoms with Crippen LogP contribution in [0.3, 0.4) is 0 Å². The smallest absolute Gasteiger partial charge is 0.145 e. The van der Waals surface area contributed by atoms with Gasteiger partial charge >= 0.3 is 0 Å². The monoisotopic (exact) mass is 255 g/mol. The molecule has 0 bridgehead atoms. The molecule has 4 nitrogen and oxygen atoms in total. The molecule has 1 aromatic carbocycles. The van der Waals surface area contributed by atoms with Crippen molar-refractivity contribution in [2.75, 3.05) is 0 Å². The number of nitriles is 1. The topological polar surface area (TPSA) is 61.8 Å². The molecule has 98 valence electrons. The minimum absolute atomic E-state index is 0.580. The highest BCUT2D eigenvalue weighted by atomic mass is 16.3. The van der Waals surface area contributed by atoms with Crippen LogP contribution in [0, 0.1) is 11.3 Å². The van der Waals surface area contributed by atoms with Crippen molar-refractivity contribution in [3.05, 3.63) is 53.6 Å². The summed E-state index contributed by atoms with van der Waals surface area (Å²) in [5.74, 6) is 0.624. The molecule has 1 aromatic heterocycles. The number of benzene rings is 1. The molecule has 0 aliphatic heterocycles. The lowest BCUT2D eigenvalue weighted by atomic mass is 9.94. The van der Waals surface area contributed by atoms with Crippen LogP contribution >= 0.6 is 0 Å². The van der Waals surface area contributed by atoms with Gasteiger partial charge in [-0.2, -0.15) is 5.26 Å². The van der Waals surface area contributed by atoms with E-state index in [0.717, 1.165) is 18.5 Å². The van der Waals surface area contributed by atoms with Gasteiger partial charge in [0.2, 0.25) is 0 Å². The Hall–Kier alpha value is -2.12. The lowest BCUT2D eigenvalue weighted by molar-refractivity contribution is 0.0879. The van der Waals surface area contributed by atoms with Crippen molar-refractivity contribution in [1.29, 1.82) is 5.26 Å². The van der Waals surface area contributed by atoms with Gasteiger partial charge in [-0.25, -0.2) is 4.98 Å². The minimum Gasteiger partial charge on any atom is -0.377 e.